The number of carbonyl (C=O) groups is 1. The van der Waals surface area contributed by atoms with Crippen molar-refractivity contribution in [3.05, 3.63) is 0 Å². The Labute approximate surface area is 71.1 Å². The summed E-state index contributed by atoms with van der Waals surface area (Å²) in [7, 11) is 0. The molecule has 3 nitrogen and oxygen atoms in total. The minimum Gasteiger partial charge on any atom is -0.368 e. The van der Waals surface area contributed by atoms with E-state index in [-0.39, 0.29) is 12.0 Å². The highest BCUT2D eigenvalue weighted by molar-refractivity contribution is 6.18. The molecular weight excluding hydrogens is 166 g/mol. The van der Waals surface area contributed by atoms with Gasteiger partial charge in [0, 0.05) is 19.0 Å². The van der Waals surface area contributed by atoms with Crippen LogP contribution in [0.25, 0.3) is 0 Å². The van der Waals surface area contributed by atoms with Gasteiger partial charge in [-0.1, -0.05) is 0 Å². The van der Waals surface area contributed by atoms with Crippen molar-refractivity contribution in [2.24, 2.45) is 0 Å². The molecule has 1 aliphatic rings. The van der Waals surface area contributed by atoms with Crippen molar-refractivity contribution in [3.63, 3.8) is 0 Å². The van der Waals surface area contributed by atoms with Gasteiger partial charge in [0.15, 0.2) is 0 Å². The van der Waals surface area contributed by atoms with E-state index in [0.717, 1.165) is 12.8 Å². The van der Waals surface area contributed by atoms with Gasteiger partial charge in [0.2, 0.25) is 5.91 Å². The molecule has 1 rings (SSSR count). The largest absolute Gasteiger partial charge is 0.368 e. The zero-order chi connectivity index (χ0) is 8.10. The van der Waals surface area contributed by atoms with Crippen LogP contribution >= 0.6 is 11.6 Å². The Kier molecular flexibility index (Phi) is 3.66. The Bertz CT molecular complexity index is 134. The maximum atomic E-state index is 11.1. The van der Waals surface area contributed by atoms with Crippen molar-refractivity contribution in [3.8, 4) is 0 Å². The molecule has 4 heteroatoms. The van der Waals surface area contributed by atoms with Crippen molar-refractivity contribution >= 4 is 17.5 Å². The second-order valence-electron chi connectivity index (χ2n) is 2.48. The van der Waals surface area contributed by atoms with E-state index in [0.29, 0.717) is 19.0 Å². The lowest BCUT2D eigenvalue weighted by molar-refractivity contribution is -0.129. The SMILES string of the molecule is O=C(NCCCl)C1CCCO1. The topological polar surface area (TPSA) is 38.3 Å². The number of amides is 1. The summed E-state index contributed by atoms with van der Waals surface area (Å²) in [5, 5.41) is 2.68. The number of hydrogen-bond acceptors (Lipinski definition) is 2. The van der Waals surface area contributed by atoms with Crippen LogP contribution < -0.4 is 5.32 Å². The van der Waals surface area contributed by atoms with E-state index in [1.807, 2.05) is 0 Å². The van der Waals surface area contributed by atoms with Gasteiger partial charge >= 0.3 is 0 Å². The molecule has 1 atom stereocenters. The van der Waals surface area contributed by atoms with Crippen LogP contribution in [-0.2, 0) is 9.53 Å². The molecule has 0 aromatic carbocycles. The molecule has 0 aliphatic carbocycles. The zero-order valence-corrected chi connectivity index (χ0v) is 7.06. The second-order valence-corrected chi connectivity index (χ2v) is 2.86. The third-order valence-electron chi connectivity index (χ3n) is 1.62. The summed E-state index contributed by atoms with van der Waals surface area (Å²) in [6, 6.07) is 0. The first-order valence-electron chi connectivity index (χ1n) is 3.80. The highest BCUT2D eigenvalue weighted by Gasteiger charge is 2.22. The molecular formula is C7H12ClNO2. The molecule has 1 fully saturated rings. The number of halogens is 1. The van der Waals surface area contributed by atoms with Gasteiger partial charge in [-0.05, 0) is 12.8 Å². The summed E-state index contributed by atoms with van der Waals surface area (Å²) in [6.07, 6.45) is 1.60. The van der Waals surface area contributed by atoms with E-state index in [1.54, 1.807) is 0 Å². The third kappa shape index (κ3) is 2.67. The Morgan fingerprint density at radius 1 is 1.73 bits per heavy atom. The smallest absolute Gasteiger partial charge is 0.249 e. The monoisotopic (exact) mass is 177 g/mol. The van der Waals surface area contributed by atoms with Crippen LogP contribution in [0.2, 0.25) is 0 Å². The van der Waals surface area contributed by atoms with Crippen molar-refractivity contribution in [1.29, 1.82) is 0 Å². The Balaban J connectivity index is 2.17. The molecule has 11 heavy (non-hydrogen) atoms. The molecule has 1 aliphatic heterocycles. The van der Waals surface area contributed by atoms with Crippen LogP contribution in [-0.4, -0.2) is 31.0 Å². The lowest BCUT2D eigenvalue weighted by atomic mass is 10.2. The first-order valence-corrected chi connectivity index (χ1v) is 4.33. The first-order chi connectivity index (χ1) is 5.34. The standard InChI is InChI=1S/C7H12ClNO2/c8-3-4-9-7(10)6-2-1-5-11-6/h6H,1-5H2,(H,9,10). The fourth-order valence-electron chi connectivity index (χ4n) is 1.07. The number of carbonyl (C=O) groups excluding carboxylic acids is 1. The van der Waals surface area contributed by atoms with E-state index in [2.05, 4.69) is 5.32 Å². The van der Waals surface area contributed by atoms with Gasteiger partial charge in [0.25, 0.3) is 0 Å². The minimum atomic E-state index is -0.224. The molecule has 1 N–H and O–H groups in total. The molecule has 0 radical (unpaired) electrons. The van der Waals surface area contributed by atoms with Crippen LogP contribution in [0.1, 0.15) is 12.8 Å². The fraction of sp³-hybridized carbons (Fsp3) is 0.857. The molecule has 1 unspecified atom stereocenters. The lowest BCUT2D eigenvalue weighted by Gasteiger charge is -2.08. The normalized spacial score (nSPS) is 23.5. The predicted octanol–water partition coefficient (Wildman–Crippen LogP) is 0.520. The van der Waals surface area contributed by atoms with Crippen molar-refractivity contribution in [2.75, 3.05) is 19.0 Å². The lowest BCUT2D eigenvalue weighted by Crippen LogP contribution is -2.35. The Morgan fingerprint density at radius 3 is 3.09 bits per heavy atom. The third-order valence-corrected chi connectivity index (χ3v) is 1.80. The number of rotatable bonds is 3. The predicted molar refractivity (Wildman–Crippen MR) is 42.7 cm³/mol. The van der Waals surface area contributed by atoms with E-state index in [4.69, 9.17) is 16.3 Å². The van der Waals surface area contributed by atoms with Gasteiger partial charge in [0.05, 0.1) is 0 Å². The summed E-state index contributed by atoms with van der Waals surface area (Å²) in [5.74, 6) is 0.432. The molecule has 0 saturated carbocycles. The van der Waals surface area contributed by atoms with Crippen molar-refractivity contribution in [1.82, 2.24) is 5.32 Å². The average molecular weight is 178 g/mol. The molecule has 0 aromatic heterocycles. The number of alkyl halides is 1. The quantitative estimate of drug-likeness (QED) is 0.639. The van der Waals surface area contributed by atoms with E-state index in [1.165, 1.54) is 0 Å². The molecule has 64 valence electrons. The first kappa shape index (κ1) is 8.81. The molecule has 0 bridgehead atoms. The summed E-state index contributed by atoms with van der Waals surface area (Å²) in [4.78, 5) is 11.1. The Morgan fingerprint density at radius 2 is 2.55 bits per heavy atom. The summed E-state index contributed by atoms with van der Waals surface area (Å²) >= 11 is 5.40. The van der Waals surface area contributed by atoms with Gasteiger partial charge in [0.1, 0.15) is 6.10 Å². The number of ether oxygens (including phenoxy) is 1. The van der Waals surface area contributed by atoms with Crippen LogP contribution in [0.3, 0.4) is 0 Å². The van der Waals surface area contributed by atoms with E-state index >= 15 is 0 Å². The molecule has 1 heterocycles. The van der Waals surface area contributed by atoms with Crippen LogP contribution in [0.4, 0.5) is 0 Å². The average Bonchev–Trinajstić information content (AvgIpc) is 2.52. The second kappa shape index (κ2) is 4.57. The van der Waals surface area contributed by atoms with Crippen LogP contribution in [0.5, 0.6) is 0 Å². The summed E-state index contributed by atoms with van der Waals surface area (Å²) < 4.78 is 5.16. The highest BCUT2D eigenvalue weighted by atomic mass is 35.5. The van der Waals surface area contributed by atoms with Gasteiger partial charge in [-0.2, -0.15) is 0 Å². The summed E-state index contributed by atoms with van der Waals surface area (Å²) in [5.41, 5.74) is 0. The van der Waals surface area contributed by atoms with Crippen molar-refractivity contribution in [2.45, 2.75) is 18.9 Å². The fourth-order valence-corrected chi connectivity index (χ4v) is 1.16. The van der Waals surface area contributed by atoms with Gasteiger partial charge in [-0.25, -0.2) is 0 Å². The minimum absolute atomic E-state index is 0.0249. The van der Waals surface area contributed by atoms with Crippen LogP contribution in [0, 0.1) is 0 Å². The maximum absolute atomic E-state index is 11.1. The zero-order valence-electron chi connectivity index (χ0n) is 6.31. The maximum Gasteiger partial charge on any atom is 0.249 e. The number of nitrogens with one attached hydrogen (secondary N) is 1. The van der Waals surface area contributed by atoms with Gasteiger partial charge in [-0.3, -0.25) is 4.79 Å². The summed E-state index contributed by atoms with van der Waals surface area (Å²) in [6.45, 7) is 1.24. The molecule has 0 spiro atoms. The molecule has 0 aromatic rings. The van der Waals surface area contributed by atoms with Gasteiger partial charge < -0.3 is 10.1 Å². The molecule has 1 amide bonds. The highest BCUT2D eigenvalue weighted by Crippen LogP contribution is 2.11. The van der Waals surface area contributed by atoms with E-state index in [9.17, 15) is 4.79 Å². The van der Waals surface area contributed by atoms with Crippen molar-refractivity contribution < 1.29 is 9.53 Å². The van der Waals surface area contributed by atoms with Crippen LogP contribution in [0.15, 0.2) is 0 Å². The number of hydrogen-bond donors (Lipinski definition) is 1. The van der Waals surface area contributed by atoms with E-state index < -0.39 is 0 Å². The molecule has 1 saturated heterocycles. The van der Waals surface area contributed by atoms with Gasteiger partial charge in [-0.15, -0.1) is 11.6 Å². The Hall–Kier alpha value is -0.280.